The van der Waals surface area contributed by atoms with E-state index in [0.717, 1.165) is 32.1 Å². The number of nitrogens with zero attached hydrogens (tertiary/aromatic N) is 2. The zero-order chi connectivity index (χ0) is 29.6. The molecule has 8 heteroatoms. The maximum absolute atomic E-state index is 14.2. The average molecular weight is 564 g/mol. The Bertz CT molecular complexity index is 1450. The van der Waals surface area contributed by atoms with Gasteiger partial charge in [-0.05, 0) is 94.5 Å². The Morgan fingerprint density at radius 2 is 1.50 bits per heavy atom. The molecular formula is C32H41N3O4S. The van der Waals surface area contributed by atoms with E-state index in [1.54, 1.807) is 36.4 Å². The fraction of sp³-hybridized carbons (Fsp3) is 0.375. The number of carbonyl (C=O) groups excluding carboxylic acids is 2. The number of nitrogens with one attached hydrogen (secondary N) is 1. The van der Waals surface area contributed by atoms with Crippen LogP contribution < -0.4 is 9.62 Å². The summed E-state index contributed by atoms with van der Waals surface area (Å²) in [5, 5.41) is 2.92. The SMILES string of the molecule is CC[C@H](C(=O)NC(C)C)N(Cc1ccccc1C)C(=O)CN(c1ccc(C)c(C)c1)S(=O)(=O)c1ccc(C)cc1. The van der Waals surface area contributed by atoms with Gasteiger partial charge < -0.3 is 10.2 Å². The van der Waals surface area contributed by atoms with Crippen LogP contribution in [0.2, 0.25) is 0 Å². The van der Waals surface area contributed by atoms with Gasteiger partial charge in [0.1, 0.15) is 12.6 Å². The molecule has 1 N–H and O–H groups in total. The number of carbonyl (C=O) groups is 2. The van der Waals surface area contributed by atoms with Gasteiger partial charge in [0, 0.05) is 12.6 Å². The van der Waals surface area contributed by atoms with Crippen LogP contribution in [0.5, 0.6) is 0 Å². The average Bonchev–Trinajstić information content (AvgIpc) is 2.89. The second-order valence-corrected chi connectivity index (χ2v) is 12.5. The van der Waals surface area contributed by atoms with Crippen LogP contribution in [0.1, 0.15) is 55.0 Å². The van der Waals surface area contributed by atoms with Crippen LogP contribution >= 0.6 is 0 Å². The number of benzene rings is 3. The standard InChI is InChI=1S/C32H41N3O4S/c1-8-30(32(37)33-22(2)3)34(20-27-12-10-9-11-25(27)6)31(36)21-35(28-16-15-24(5)26(7)19-28)40(38,39)29-17-13-23(4)14-18-29/h9-19,22,30H,8,20-21H2,1-7H3,(H,33,37)/t30-/m1/s1. The lowest BCUT2D eigenvalue weighted by Crippen LogP contribution is -2.53. The predicted octanol–water partition coefficient (Wildman–Crippen LogP) is 5.45. The molecule has 0 saturated heterocycles. The largest absolute Gasteiger partial charge is 0.352 e. The van der Waals surface area contributed by atoms with E-state index < -0.39 is 28.5 Å². The fourth-order valence-corrected chi connectivity index (χ4v) is 5.92. The lowest BCUT2D eigenvalue weighted by molar-refractivity contribution is -0.140. The van der Waals surface area contributed by atoms with E-state index in [4.69, 9.17) is 0 Å². The van der Waals surface area contributed by atoms with Gasteiger partial charge in [-0.25, -0.2) is 8.42 Å². The first-order valence-corrected chi connectivity index (χ1v) is 15.1. The van der Waals surface area contributed by atoms with Crippen molar-refractivity contribution in [1.29, 1.82) is 0 Å². The van der Waals surface area contributed by atoms with Gasteiger partial charge in [-0.1, -0.05) is 55.0 Å². The summed E-state index contributed by atoms with van der Waals surface area (Å²) in [5.41, 5.74) is 5.13. The van der Waals surface area contributed by atoms with Gasteiger partial charge in [0.25, 0.3) is 10.0 Å². The van der Waals surface area contributed by atoms with E-state index in [9.17, 15) is 18.0 Å². The van der Waals surface area contributed by atoms with Crippen LogP contribution in [0, 0.1) is 27.7 Å². The van der Waals surface area contributed by atoms with Crippen LogP contribution in [0.3, 0.4) is 0 Å². The maximum atomic E-state index is 14.2. The van der Waals surface area contributed by atoms with E-state index in [1.165, 1.54) is 4.90 Å². The third-order valence-corrected chi connectivity index (χ3v) is 8.87. The van der Waals surface area contributed by atoms with Crippen molar-refractivity contribution in [3.05, 3.63) is 94.5 Å². The highest BCUT2D eigenvalue weighted by atomic mass is 32.2. The first kappa shape index (κ1) is 30.9. The van der Waals surface area contributed by atoms with Gasteiger partial charge in [-0.15, -0.1) is 0 Å². The van der Waals surface area contributed by atoms with Crippen LogP contribution in [-0.2, 0) is 26.2 Å². The molecule has 0 aliphatic heterocycles. The quantitative estimate of drug-likeness (QED) is 0.336. The highest BCUT2D eigenvalue weighted by Crippen LogP contribution is 2.27. The number of sulfonamides is 1. The Hall–Kier alpha value is -3.65. The van der Waals surface area contributed by atoms with Crippen LogP contribution in [0.25, 0.3) is 0 Å². The van der Waals surface area contributed by atoms with Gasteiger partial charge in [0.15, 0.2) is 0 Å². The predicted molar refractivity (Wildman–Crippen MR) is 161 cm³/mol. The molecule has 0 aromatic heterocycles. The van der Waals surface area contributed by atoms with Crippen LogP contribution in [0.4, 0.5) is 5.69 Å². The fourth-order valence-electron chi connectivity index (χ4n) is 4.52. The molecule has 2 amide bonds. The molecule has 3 aromatic carbocycles. The summed E-state index contributed by atoms with van der Waals surface area (Å²) in [4.78, 5) is 29.0. The van der Waals surface area contributed by atoms with Crippen molar-refractivity contribution >= 4 is 27.5 Å². The highest BCUT2D eigenvalue weighted by molar-refractivity contribution is 7.92. The molecule has 3 aromatic rings. The number of amides is 2. The van der Waals surface area contributed by atoms with Gasteiger partial charge >= 0.3 is 0 Å². The van der Waals surface area contributed by atoms with Gasteiger partial charge in [0.2, 0.25) is 11.8 Å². The second kappa shape index (κ2) is 13.1. The molecule has 1 atom stereocenters. The lowest BCUT2D eigenvalue weighted by atomic mass is 10.1. The molecule has 0 radical (unpaired) electrons. The zero-order valence-electron chi connectivity index (χ0n) is 24.6. The van der Waals surface area contributed by atoms with Crippen molar-refractivity contribution < 1.29 is 18.0 Å². The van der Waals surface area contributed by atoms with Gasteiger partial charge in [-0.3, -0.25) is 13.9 Å². The van der Waals surface area contributed by atoms with Gasteiger partial charge in [-0.2, -0.15) is 0 Å². The molecule has 0 fully saturated rings. The van der Waals surface area contributed by atoms with Gasteiger partial charge in [0.05, 0.1) is 10.6 Å². The minimum absolute atomic E-state index is 0.0965. The third-order valence-electron chi connectivity index (χ3n) is 7.09. The molecule has 0 saturated carbocycles. The Labute approximate surface area is 239 Å². The molecule has 0 spiro atoms. The number of hydrogen-bond acceptors (Lipinski definition) is 4. The molecule has 214 valence electrons. The van der Waals surface area contributed by atoms with E-state index in [-0.39, 0.29) is 23.4 Å². The van der Waals surface area contributed by atoms with Crippen molar-refractivity contribution in [1.82, 2.24) is 10.2 Å². The Balaban J connectivity index is 2.10. The normalized spacial score (nSPS) is 12.2. The number of hydrogen-bond donors (Lipinski definition) is 1. The van der Waals surface area contributed by atoms with E-state index in [1.807, 2.05) is 78.8 Å². The summed E-state index contributed by atoms with van der Waals surface area (Å²) in [6, 6.07) is 18.8. The molecule has 0 heterocycles. The van der Waals surface area contributed by atoms with E-state index in [2.05, 4.69) is 5.32 Å². The summed E-state index contributed by atoms with van der Waals surface area (Å²) < 4.78 is 29.2. The molecule has 0 aliphatic rings. The molecular weight excluding hydrogens is 522 g/mol. The monoisotopic (exact) mass is 563 g/mol. The lowest BCUT2D eigenvalue weighted by Gasteiger charge is -2.34. The highest BCUT2D eigenvalue weighted by Gasteiger charge is 2.34. The summed E-state index contributed by atoms with van der Waals surface area (Å²) in [6.07, 6.45) is 0.379. The molecule has 0 aliphatic carbocycles. The molecule has 0 unspecified atom stereocenters. The van der Waals surface area contributed by atoms with Crippen LogP contribution in [0.15, 0.2) is 71.6 Å². The minimum atomic E-state index is -4.10. The Morgan fingerprint density at radius 1 is 0.850 bits per heavy atom. The number of anilines is 1. The van der Waals surface area contributed by atoms with Crippen molar-refractivity contribution in [2.75, 3.05) is 10.8 Å². The van der Waals surface area contributed by atoms with Crippen LogP contribution in [-0.4, -0.2) is 43.8 Å². The molecule has 0 bridgehead atoms. The zero-order valence-corrected chi connectivity index (χ0v) is 25.4. The first-order chi connectivity index (χ1) is 18.8. The summed E-state index contributed by atoms with van der Waals surface area (Å²) in [6.45, 7) is 13.0. The van der Waals surface area contributed by atoms with Crippen molar-refractivity contribution in [2.45, 2.75) is 78.4 Å². The first-order valence-electron chi connectivity index (χ1n) is 13.7. The summed E-state index contributed by atoms with van der Waals surface area (Å²) >= 11 is 0. The third kappa shape index (κ3) is 7.30. The Kier molecular flexibility index (Phi) is 10.1. The summed E-state index contributed by atoms with van der Waals surface area (Å²) in [7, 11) is -4.10. The maximum Gasteiger partial charge on any atom is 0.264 e. The van der Waals surface area contributed by atoms with Crippen molar-refractivity contribution in [3.63, 3.8) is 0 Å². The Morgan fingerprint density at radius 3 is 2.08 bits per heavy atom. The number of aryl methyl sites for hydroxylation is 4. The van der Waals surface area contributed by atoms with E-state index >= 15 is 0 Å². The van der Waals surface area contributed by atoms with Crippen molar-refractivity contribution in [2.24, 2.45) is 0 Å². The molecule has 3 rings (SSSR count). The minimum Gasteiger partial charge on any atom is -0.352 e. The molecule has 7 nitrogen and oxygen atoms in total. The molecule has 40 heavy (non-hydrogen) atoms. The van der Waals surface area contributed by atoms with E-state index in [0.29, 0.717) is 12.1 Å². The summed E-state index contributed by atoms with van der Waals surface area (Å²) in [5.74, 6) is -0.721. The topological polar surface area (TPSA) is 86.8 Å². The number of rotatable bonds is 11. The van der Waals surface area contributed by atoms with Crippen molar-refractivity contribution in [3.8, 4) is 0 Å². The second-order valence-electron chi connectivity index (χ2n) is 10.6. The smallest absolute Gasteiger partial charge is 0.264 e.